The molecule has 1 aliphatic heterocycles. The van der Waals surface area contributed by atoms with E-state index in [-0.39, 0.29) is 11.5 Å². The van der Waals surface area contributed by atoms with Crippen molar-refractivity contribution in [2.24, 2.45) is 5.92 Å². The Morgan fingerprint density at radius 2 is 2.26 bits per heavy atom. The van der Waals surface area contributed by atoms with Crippen LogP contribution in [0.1, 0.15) is 22.3 Å². The van der Waals surface area contributed by atoms with E-state index >= 15 is 0 Å². The summed E-state index contributed by atoms with van der Waals surface area (Å²) in [6.07, 6.45) is 1.10. The van der Waals surface area contributed by atoms with Crippen molar-refractivity contribution in [1.29, 1.82) is 0 Å². The van der Waals surface area contributed by atoms with Gasteiger partial charge in [-0.05, 0) is 45.0 Å². The van der Waals surface area contributed by atoms with Crippen molar-refractivity contribution in [2.45, 2.75) is 13.3 Å². The molecule has 1 fully saturated rings. The topological polar surface area (TPSA) is 23.6 Å². The summed E-state index contributed by atoms with van der Waals surface area (Å²) in [5.41, 5.74) is 1.08. The van der Waals surface area contributed by atoms with Gasteiger partial charge in [-0.1, -0.05) is 11.6 Å². The number of halogens is 1. The Hall–Kier alpha value is -1.42. The monoisotopic (exact) mass is 264 g/mol. The molecule has 19 heavy (non-hydrogen) atoms. The number of hydrogen-bond donors (Lipinski definition) is 0. The Morgan fingerprint density at radius 3 is 2.89 bits per heavy atom. The van der Waals surface area contributed by atoms with E-state index in [1.807, 2.05) is 6.92 Å². The van der Waals surface area contributed by atoms with E-state index in [4.69, 9.17) is 0 Å². The maximum atomic E-state index is 13.7. The highest BCUT2D eigenvalue weighted by molar-refractivity contribution is 5.94. The second-order valence-electron chi connectivity index (χ2n) is 5.59. The minimum atomic E-state index is -0.439. The average Bonchev–Trinajstić information content (AvgIpc) is 2.77. The van der Waals surface area contributed by atoms with E-state index in [9.17, 15) is 9.18 Å². The lowest BCUT2D eigenvalue weighted by molar-refractivity contribution is 0.0769. The van der Waals surface area contributed by atoms with Crippen molar-refractivity contribution >= 4 is 5.91 Å². The molecule has 1 aromatic rings. The highest BCUT2D eigenvalue weighted by Crippen LogP contribution is 2.17. The molecule has 0 spiro atoms. The molecule has 104 valence electrons. The summed E-state index contributed by atoms with van der Waals surface area (Å²) in [5, 5.41) is 0. The lowest BCUT2D eigenvalue weighted by Crippen LogP contribution is -2.33. The number of likely N-dealkylation sites (tertiary alicyclic amines) is 1. The van der Waals surface area contributed by atoms with Crippen LogP contribution in [0.4, 0.5) is 4.39 Å². The van der Waals surface area contributed by atoms with Crippen molar-refractivity contribution in [3.63, 3.8) is 0 Å². The van der Waals surface area contributed by atoms with E-state index in [2.05, 4.69) is 11.9 Å². The molecule has 0 N–H and O–H groups in total. The summed E-state index contributed by atoms with van der Waals surface area (Å²) in [7, 11) is 3.84. The zero-order valence-electron chi connectivity index (χ0n) is 11.8. The van der Waals surface area contributed by atoms with Crippen molar-refractivity contribution in [3.8, 4) is 0 Å². The first-order valence-electron chi connectivity index (χ1n) is 6.67. The number of carbonyl (C=O) groups excluding carboxylic acids is 1. The van der Waals surface area contributed by atoms with Crippen LogP contribution < -0.4 is 0 Å². The Morgan fingerprint density at radius 1 is 1.53 bits per heavy atom. The molecule has 1 unspecified atom stereocenters. The SMILES string of the molecule is Cc1ccc(F)c(C(=O)N(C)CC2CCN(C)C2)c1. The smallest absolute Gasteiger partial charge is 0.256 e. The van der Waals surface area contributed by atoms with E-state index < -0.39 is 5.82 Å². The molecule has 0 bridgehead atoms. The van der Waals surface area contributed by atoms with Gasteiger partial charge in [-0.3, -0.25) is 4.79 Å². The van der Waals surface area contributed by atoms with E-state index in [1.54, 1.807) is 24.1 Å². The van der Waals surface area contributed by atoms with Gasteiger partial charge in [-0.15, -0.1) is 0 Å². The van der Waals surface area contributed by atoms with Crippen molar-refractivity contribution in [2.75, 3.05) is 33.7 Å². The van der Waals surface area contributed by atoms with Gasteiger partial charge >= 0.3 is 0 Å². The fraction of sp³-hybridized carbons (Fsp3) is 0.533. The maximum absolute atomic E-state index is 13.7. The van der Waals surface area contributed by atoms with Crippen LogP contribution >= 0.6 is 0 Å². The summed E-state index contributed by atoms with van der Waals surface area (Å²) < 4.78 is 13.7. The van der Waals surface area contributed by atoms with Gasteiger partial charge in [0, 0.05) is 20.1 Å². The quantitative estimate of drug-likeness (QED) is 0.835. The van der Waals surface area contributed by atoms with E-state index in [1.165, 1.54) is 6.07 Å². The zero-order chi connectivity index (χ0) is 14.0. The van der Waals surface area contributed by atoms with Gasteiger partial charge in [0.15, 0.2) is 0 Å². The van der Waals surface area contributed by atoms with Gasteiger partial charge in [-0.2, -0.15) is 0 Å². The number of hydrogen-bond acceptors (Lipinski definition) is 2. The summed E-state index contributed by atoms with van der Waals surface area (Å²) >= 11 is 0. The Balaban J connectivity index is 2.04. The number of rotatable bonds is 3. The number of benzene rings is 1. The molecule has 0 radical (unpaired) electrons. The Labute approximate surface area is 114 Å². The molecule has 2 rings (SSSR count). The second-order valence-corrected chi connectivity index (χ2v) is 5.59. The highest BCUT2D eigenvalue weighted by Gasteiger charge is 2.24. The molecule has 3 nitrogen and oxygen atoms in total. The van der Waals surface area contributed by atoms with Crippen LogP contribution in [0.3, 0.4) is 0 Å². The van der Waals surface area contributed by atoms with Gasteiger partial charge in [0.25, 0.3) is 5.91 Å². The molecule has 0 aromatic heterocycles. The second kappa shape index (κ2) is 5.70. The number of aryl methyl sites for hydroxylation is 1. The fourth-order valence-corrected chi connectivity index (χ4v) is 2.65. The van der Waals surface area contributed by atoms with Crippen LogP contribution in [0, 0.1) is 18.7 Å². The number of carbonyl (C=O) groups is 1. The van der Waals surface area contributed by atoms with Gasteiger partial charge < -0.3 is 9.80 Å². The molecule has 1 atom stereocenters. The van der Waals surface area contributed by atoms with Crippen LogP contribution in [0.15, 0.2) is 18.2 Å². The molecule has 1 aliphatic rings. The maximum Gasteiger partial charge on any atom is 0.256 e. The minimum Gasteiger partial charge on any atom is -0.341 e. The largest absolute Gasteiger partial charge is 0.341 e. The van der Waals surface area contributed by atoms with Crippen molar-refractivity contribution < 1.29 is 9.18 Å². The Bertz CT molecular complexity index is 475. The normalized spacial score (nSPS) is 19.7. The van der Waals surface area contributed by atoms with Crippen molar-refractivity contribution in [3.05, 3.63) is 35.1 Å². The molecule has 0 aliphatic carbocycles. The number of nitrogens with zero attached hydrogens (tertiary/aromatic N) is 2. The highest BCUT2D eigenvalue weighted by atomic mass is 19.1. The van der Waals surface area contributed by atoms with Crippen LogP contribution in [-0.4, -0.2) is 49.4 Å². The third-order valence-corrected chi connectivity index (χ3v) is 3.72. The van der Waals surface area contributed by atoms with Gasteiger partial charge in [0.1, 0.15) is 5.82 Å². The van der Waals surface area contributed by atoms with E-state index in [0.717, 1.165) is 25.1 Å². The van der Waals surface area contributed by atoms with Gasteiger partial charge in [0.2, 0.25) is 0 Å². The van der Waals surface area contributed by atoms with E-state index in [0.29, 0.717) is 12.5 Å². The summed E-state index contributed by atoms with van der Waals surface area (Å²) in [6, 6.07) is 4.66. The average molecular weight is 264 g/mol. The summed E-state index contributed by atoms with van der Waals surface area (Å²) in [5.74, 6) is -0.173. The fourth-order valence-electron chi connectivity index (χ4n) is 2.65. The lowest BCUT2D eigenvalue weighted by atomic mass is 10.1. The first kappa shape index (κ1) is 14.0. The first-order valence-corrected chi connectivity index (χ1v) is 6.67. The molecule has 1 aromatic carbocycles. The van der Waals surface area contributed by atoms with Gasteiger partial charge in [-0.25, -0.2) is 4.39 Å². The van der Waals surface area contributed by atoms with Crippen LogP contribution in [0.5, 0.6) is 0 Å². The van der Waals surface area contributed by atoms with Crippen molar-refractivity contribution in [1.82, 2.24) is 9.80 Å². The third kappa shape index (κ3) is 3.32. The molecular formula is C15H21FN2O. The summed E-state index contributed by atoms with van der Waals surface area (Å²) in [6.45, 7) is 4.64. The molecule has 1 heterocycles. The first-order chi connectivity index (χ1) is 8.97. The molecule has 0 saturated carbocycles. The molecule has 1 amide bonds. The predicted octanol–water partition coefficient (Wildman–Crippen LogP) is 2.16. The van der Waals surface area contributed by atoms with Crippen LogP contribution in [0.25, 0.3) is 0 Å². The minimum absolute atomic E-state index is 0.175. The Kier molecular flexibility index (Phi) is 4.20. The standard InChI is InChI=1S/C15H21FN2O/c1-11-4-5-14(16)13(8-11)15(19)18(3)10-12-6-7-17(2)9-12/h4-5,8,12H,6-7,9-10H2,1-3H3. The predicted molar refractivity (Wildman–Crippen MR) is 73.7 cm³/mol. The third-order valence-electron chi connectivity index (χ3n) is 3.72. The molecule has 4 heteroatoms. The molecular weight excluding hydrogens is 243 g/mol. The lowest BCUT2D eigenvalue weighted by Gasteiger charge is -2.21. The van der Waals surface area contributed by atoms with Crippen LogP contribution in [-0.2, 0) is 0 Å². The molecule has 1 saturated heterocycles. The zero-order valence-corrected chi connectivity index (χ0v) is 11.8. The van der Waals surface area contributed by atoms with Crippen LogP contribution in [0.2, 0.25) is 0 Å². The summed E-state index contributed by atoms with van der Waals surface area (Å²) in [4.78, 5) is 16.2. The number of amides is 1. The van der Waals surface area contributed by atoms with Gasteiger partial charge in [0.05, 0.1) is 5.56 Å².